The molecule has 0 atom stereocenters. The molecular weight excluding hydrogens is 719 g/mol. The molecule has 0 unspecified atom stereocenters. The summed E-state index contributed by atoms with van der Waals surface area (Å²) in [4.78, 5) is 24.6. The molecule has 274 valence electrons. The molecule has 12 rings (SSSR count). The summed E-state index contributed by atoms with van der Waals surface area (Å²) in [6, 6.07) is 62.9. The van der Waals surface area contributed by atoms with Crippen LogP contribution in [0.2, 0.25) is 0 Å². The van der Waals surface area contributed by atoms with Gasteiger partial charge in [-0.05, 0) is 86.8 Å². The summed E-state index contributed by atoms with van der Waals surface area (Å²) in [6.45, 7) is 0. The lowest BCUT2D eigenvalue weighted by Gasteiger charge is -2.34. The zero-order valence-corrected chi connectivity index (χ0v) is 31.8. The van der Waals surface area contributed by atoms with Gasteiger partial charge in [0.1, 0.15) is 0 Å². The Balaban J connectivity index is 1.04. The molecule has 59 heavy (non-hydrogen) atoms. The van der Waals surface area contributed by atoms with Gasteiger partial charge in [0, 0.05) is 63.0 Å². The van der Waals surface area contributed by atoms with E-state index in [0.29, 0.717) is 5.82 Å². The molecule has 0 saturated heterocycles. The van der Waals surface area contributed by atoms with Crippen LogP contribution in [-0.2, 0) is 5.41 Å². The van der Waals surface area contributed by atoms with Crippen LogP contribution in [0.1, 0.15) is 22.3 Å². The highest BCUT2D eigenvalue weighted by Crippen LogP contribution is 2.57. The predicted octanol–water partition coefficient (Wildman–Crippen LogP) is 12.6. The van der Waals surface area contributed by atoms with E-state index in [1.807, 2.05) is 36.9 Å². The number of aromatic nitrogens is 5. The van der Waals surface area contributed by atoms with E-state index in [-0.39, 0.29) is 0 Å². The Morgan fingerprint density at radius 3 is 1.86 bits per heavy atom. The Hall–Kier alpha value is -7.89. The molecule has 0 amide bonds. The van der Waals surface area contributed by atoms with Crippen molar-refractivity contribution in [3.05, 3.63) is 223 Å². The lowest BCUT2D eigenvalue weighted by Crippen LogP contribution is -2.28. The van der Waals surface area contributed by atoms with Crippen molar-refractivity contribution < 1.29 is 0 Å². The zero-order chi connectivity index (χ0) is 38.9. The lowest BCUT2D eigenvalue weighted by molar-refractivity contribution is 0.769. The van der Waals surface area contributed by atoms with Crippen molar-refractivity contribution in [3.8, 4) is 44.9 Å². The summed E-state index contributed by atoms with van der Waals surface area (Å²) < 4.78 is 0. The van der Waals surface area contributed by atoms with Gasteiger partial charge in [0.05, 0.1) is 27.7 Å². The number of benzene rings is 7. The number of hydrogen-bond acceptors (Lipinski definition) is 5. The van der Waals surface area contributed by atoms with Crippen LogP contribution >= 0.6 is 0 Å². The highest BCUT2D eigenvalue weighted by Gasteiger charge is 2.46. The average Bonchev–Trinajstić information content (AvgIpc) is 3.61. The zero-order valence-electron chi connectivity index (χ0n) is 31.8. The van der Waals surface area contributed by atoms with Crippen molar-refractivity contribution in [3.63, 3.8) is 0 Å². The van der Waals surface area contributed by atoms with Gasteiger partial charge in [0.15, 0.2) is 5.82 Å². The number of nitrogens with zero attached hydrogens (tertiary/aromatic N) is 5. The maximum absolute atomic E-state index is 5.40. The van der Waals surface area contributed by atoms with Gasteiger partial charge < -0.3 is 0 Å². The smallest absolute Gasteiger partial charge is 0.159 e. The van der Waals surface area contributed by atoms with Crippen LogP contribution in [0.15, 0.2) is 201 Å². The van der Waals surface area contributed by atoms with Gasteiger partial charge in [0.2, 0.25) is 0 Å². The van der Waals surface area contributed by atoms with Crippen molar-refractivity contribution in [2.75, 3.05) is 0 Å². The minimum Gasteiger partial charge on any atom is -0.254 e. The first-order valence-corrected chi connectivity index (χ1v) is 19.9. The van der Waals surface area contributed by atoms with Gasteiger partial charge in [-0.3, -0.25) is 9.97 Å². The van der Waals surface area contributed by atoms with Crippen LogP contribution in [0, 0.1) is 0 Å². The molecule has 1 aliphatic rings. The maximum Gasteiger partial charge on any atom is 0.159 e. The first kappa shape index (κ1) is 33.3. The molecule has 0 radical (unpaired) electrons. The number of rotatable bonds is 5. The summed E-state index contributed by atoms with van der Waals surface area (Å²) >= 11 is 0. The van der Waals surface area contributed by atoms with Crippen LogP contribution in [0.4, 0.5) is 0 Å². The monoisotopic (exact) mass is 751 g/mol. The fraction of sp³-hybridized carbons (Fsp3) is 0.0185. The maximum atomic E-state index is 5.40. The van der Waals surface area contributed by atoms with E-state index >= 15 is 0 Å². The van der Waals surface area contributed by atoms with E-state index in [1.54, 1.807) is 0 Å². The Bertz CT molecular complexity index is 3400. The largest absolute Gasteiger partial charge is 0.254 e. The standard InChI is InChI=1S/C54H33N5/c1-3-17-38(18-4-1)54(39-19-5-2-6-20-39)47-24-9-7-21-40(47)45-30-46-44(31-48(45)54)41-22-8-10-25-49(41)59-50(46)34-14-11-15-36(28-34)53-57-32-37(33-58-53)43-29-35-16-12-26-55-51(35)52-42(43)23-13-27-56-52/h1-33H. The summed E-state index contributed by atoms with van der Waals surface area (Å²) in [7, 11) is 0. The molecule has 0 N–H and O–H groups in total. The van der Waals surface area contributed by atoms with Crippen molar-refractivity contribution in [1.29, 1.82) is 0 Å². The van der Waals surface area contributed by atoms with Crippen molar-refractivity contribution in [2.45, 2.75) is 5.41 Å². The van der Waals surface area contributed by atoms with E-state index < -0.39 is 5.41 Å². The average molecular weight is 752 g/mol. The molecule has 11 aromatic rings. The van der Waals surface area contributed by atoms with Gasteiger partial charge in [-0.15, -0.1) is 0 Å². The molecule has 5 heteroatoms. The number of para-hydroxylation sites is 1. The molecule has 0 fully saturated rings. The van der Waals surface area contributed by atoms with E-state index in [0.717, 1.165) is 66.0 Å². The fourth-order valence-corrected chi connectivity index (χ4v) is 9.54. The third-order valence-corrected chi connectivity index (χ3v) is 12.1. The summed E-state index contributed by atoms with van der Waals surface area (Å²) in [5, 5.41) is 5.45. The lowest BCUT2D eigenvalue weighted by atomic mass is 9.67. The molecule has 0 aliphatic heterocycles. The Morgan fingerprint density at radius 1 is 0.373 bits per heavy atom. The highest BCUT2D eigenvalue weighted by molar-refractivity contribution is 6.14. The third-order valence-electron chi connectivity index (χ3n) is 12.1. The topological polar surface area (TPSA) is 64.5 Å². The second-order valence-corrected chi connectivity index (χ2v) is 15.2. The van der Waals surface area contributed by atoms with Crippen LogP contribution in [0.3, 0.4) is 0 Å². The minimum atomic E-state index is -0.497. The SMILES string of the molecule is c1ccc(C2(c3ccccc3)c3ccccc3-c3cc4c(-c5cccc(-c6ncc(-c7cc8cccnc8c8ncccc78)cn6)c5)nc5ccccc5c4cc32)cc1. The molecule has 1 aliphatic carbocycles. The Morgan fingerprint density at radius 2 is 1.05 bits per heavy atom. The summed E-state index contributed by atoms with van der Waals surface area (Å²) in [6.07, 6.45) is 7.45. The van der Waals surface area contributed by atoms with Crippen LogP contribution in [-0.4, -0.2) is 24.9 Å². The number of pyridine rings is 3. The normalized spacial score (nSPS) is 12.9. The van der Waals surface area contributed by atoms with E-state index in [1.165, 1.54) is 38.8 Å². The second kappa shape index (κ2) is 13.1. The van der Waals surface area contributed by atoms with E-state index in [4.69, 9.17) is 19.9 Å². The molecule has 5 nitrogen and oxygen atoms in total. The fourth-order valence-electron chi connectivity index (χ4n) is 9.54. The van der Waals surface area contributed by atoms with Crippen LogP contribution in [0.5, 0.6) is 0 Å². The minimum absolute atomic E-state index is 0.497. The molecule has 4 heterocycles. The van der Waals surface area contributed by atoms with Crippen molar-refractivity contribution in [1.82, 2.24) is 24.9 Å². The first-order valence-electron chi connectivity index (χ1n) is 19.9. The Labute approximate surface area is 340 Å². The highest BCUT2D eigenvalue weighted by atomic mass is 14.9. The van der Waals surface area contributed by atoms with Gasteiger partial charge in [-0.1, -0.05) is 133 Å². The first-order chi connectivity index (χ1) is 29.3. The molecule has 7 aromatic carbocycles. The number of hydrogen-bond donors (Lipinski definition) is 0. The number of fused-ring (bicyclic) bond motifs is 9. The van der Waals surface area contributed by atoms with Crippen LogP contribution < -0.4 is 0 Å². The molecule has 0 bridgehead atoms. The van der Waals surface area contributed by atoms with Crippen LogP contribution in [0.25, 0.3) is 88.4 Å². The van der Waals surface area contributed by atoms with Gasteiger partial charge in [0.25, 0.3) is 0 Å². The van der Waals surface area contributed by atoms with Gasteiger partial charge >= 0.3 is 0 Å². The van der Waals surface area contributed by atoms with E-state index in [2.05, 4.69) is 169 Å². The predicted molar refractivity (Wildman–Crippen MR) is 239 cm³/mol. The quantitative estimate of drug-likeness (QED) is 0.164. The third kappa shape index (κ3) is 5.01. The Kier molecular flexibility index (Phi) is 7.38. The summed E-state index contributed by atoms with van der Waals surface area (Å²) in [5.41, 5.74) is 14.5. The molecule has 0 spiro atoms. The van der Waals surface area contributed by atoms with Gasteiger partial charge in [-0.2, -0.15) is 0 Å². The second-order valence-electron chi connectivity index (χ2n) is 15.2. The molecule has 0 saturated carbocycles. The van der Waals surface area contributed by atoms with E-state index in [9.17, 15) is 0 Å². The van der Waals surface area contributed by atoms with Crippen molar-refractivity contribution in [2.24, 2.45) is 0 Å². The molecular formula is C54H33N5. The molecule has 4 aromatic heterocycles. The summed E-state index contributed by atoms with van der Waals surface area (Å²) in [5.74, 6) is 0.649. The van der Waals surface area contributed by atoms with Crippen molar-refractivity contribution >= 4 is 43.5 Å². The van der Waals surface area contributed by atoms with Gasteiger partial charge in [-0.25, -0.2) is 15.0 Å².